The van der Waals surface area contributed by atoms with Crippen LogP contribution in [0.4, 0.5) is 0 Å². The summed E-state index contributed by atoms with van der Waals surface area (Å²) in [4.78, 5) is 29.9. The van der Waals surface area contributed by atoms with Gasteiger partial charge in [-0.05, 0) is 43.0 Å². The van der Waals surface area contributed by atoms with Gasteiger partial charge in [0.25, 0.3) is 5.91 Å². The monoisotopic (exact) mass is 382 g/mol. The van der Waals surface area contributed by atoms with Gasteiger partial charge in [0, 0.05) is 32.1 Å². The average molecular weight is 382 g/mol. The lowest BCUT2D eigenvalue weighted by Gasteiger charge is -2.31. The van der Waals surface area contributed by atoms with Crippen LogP contribution in [-0.4, -0.2) is 54.9 Å². The number of ether oxygens (including phenoxy) is 1. The van der Waals surface area contributed by atoms with E-state index in [2.05, 4.69) is 0 Å². The zero-order chi connectivity index (χ0) is 19.5. The first-order valence-corrected chi connectivity index (χ1v) is 9.93. The summed E-state index contributed by atoms with van der Waals surface area (Å²) < 4.78 is 10.8. The Morgan fingerprint density at radius 2 is 1.79 bits per heavy atom. The molecule has 2 aliphatic rings. The largest absolute Gasteiger partial charge is 0.496 e. The summed E-state index contributed by atoms with van der Waals surface area (Å²) in [6.45, 7) is 2.49. The van der Waals surface area contributed by atoms with Crippen LogP contribution in [0.5, 0.6) is 5.75 Å². The van der Waals surface area contributed by atoms with E-state index >= 15 is 0 Å². The molecule has 2 unspecified atom stereocenters. The summed E-state index contributed by atoms with van der Waals surface area (Å²) in [5.41, 5.74) is 0.982. The van der Waals surface area contributed by atoms with Crippen molar-refractivity contribution < 1.29 is 18.7 Å². The second-order valence-corrected chi connectivity index (χ2v) is 7.53. The van der Waals surface area contributed by atoms with Gasteiger partial charge in [0.1, 0.15) is 5.75 Å². The molecule has 6 heteroatoms. The first kappa shape index (κ1) is 18.6. The molecule has 2 atom stereocenters. The summed E-state index contributed by atoms with van der Waals surface area (Å²) >= 11 is 0. The van der Waals surface area contributed by atoms with Crippen molar-refractivity contribution in [3.8, 4) is 5.75 Å². The molecular formula is C22H26N2O4. The highest BCUT2D eigenvalue weighted by Gasteiger charge is 2.43. The molecule has 4 rings (SSSR count). The van der Waals surface area contributed by atoms with Crippen molar-refractivity contribution in [2.75, 3.05) is 33.3 Å². The first-order valence-electron chi connectivity index (χ1n) is 9.93. The SMILES string of the molecule is COc1ccccc1C1CN(C(=O)c2ccco2)CC1C(=O)N1CCCCC1. The number of piperidine rings is 1. The molecule has 1 aromatic heterocycles. The Balaban J connectivity index is 1.63. The number of para-hydroxylation sites is 1. The van der Waals surface area contributed by atoms with E-state index in [0.29, 0.717) is 18.8 Å². The van der Waals surface area contributed by atoms with Gasteiger partial charge >= 0.3 is 0 Å². The molecule has 2 amide bonds. The van der Waals surface area contributed by atoms with Crippen LogP contribution in [0.1, 0.15) is 41.3 Å². The number of amides is 2. The highest BCUT2D eigenvalue weighted by atomic mass is 16.5. The molecule has 0 saturated carbocycles. The van der Waals surface area contributed by atoms with Crippen molar-refractivity contribution in [2.45, 2.75) is 25.2 Å². The summed E-state index contributed by atoms with van der Waals surface area (Å²) in [6, 6.07) is 11.2. The lowest BCUT2D eigenvalue weighted by molar-refractivity contribution is -0.136. The molecule has 3 heterocycles. The van der Waals surface area contributed by atoms with Gasteiger partial charge in [-0.2, -0.15) is 0 Å². The van der Waals surface area contributed by atoms with Crippen LogP contribution in [0.3, 0.4) is 0 Å². The molecule has 6 nitrogen and oxygen atoms in total. The van der Waals surface area contributed by atoms with Crippen molar-refractivity contribution >= 4 is 11.8 Å². The zero-order valence-corrected chi connectivity index (χ0v) is 16.2. The van der Waals surface area contributed by atoms with Crippen LogP contribution in [0.15, 0.2) is 47.1 Å². The van der Waals surface area contributed by atoms with Gasteiger partial charge in [-0.3, -0.25) is 9.59 Å². The topological polar surface area (TPSA) is 63.0 Å². The molecule has 28 heavy (non-hydrogen) atoms. The molecule has 1 aromatic carbocycles. The van der Waals surface area contributed by atoms with E-state index in [1.54, 1.807) is 24.1 Å². The number of hydrogen-bond donors (Lipinski definition) is 0. The molecule has 2 saturated heterocycles. The summed E-state index contributed by atoms with van der Waals surface area (Å²) in [5.74, 6) is 0.683. The molecule has 0 N–H and O–H groups in total. The smallest absolute Gasteiger partial charge is 0.289 e. The summed E-state index contributed by atoms with van der Waals surface area (Å²) in [7, 11) is 1.64. The number of rotatable bonds is 4. The van der Waals surface area contributed by atoms with Crippen LogP contribution in [-0.2, 0) is 4.79 Å². The van der Waals surface area contributed by atoms with Crippen LogP contribution >= 0.6 is 0 Å². The number of likely N-dealkylation sites (tertiary alicyclic amines) is 2. The standard InChI is InChI=1S/C22H26N2O4/c1-27-19-9-4-3-8-16(19)17-14-24(22(26)20-10-7-13-28-20)15-18(17)21(25)23-11-5-2-6-12-23/h3-4,7-10,13,17-18H,2,5-6,11-12,14-15H2,1H3. The van der Waals surface area contributed by atoms with Gasteiger partial charge in [0.15, 0.2) is 5.76 Å². The lowest BCUT2D eigenvalue weighted by Crippen LogP contribution is -2.42. The Labute approximate surface area is 165 Å². The molecule has 2 fully saturated rings. The second-order valence-electron chi connectivity index (χ2n) is 7.53. The van der Waals surface area contributed by atoms with Crippen LogP contribution in [0.2, 0.25) is 0 Å². The number of hydrogen-bond acceptors (Lipinski definition) is 4. The number of furan rings is 1. The number of carbonyl (C=O) groups is 2. The van der Waals surface area contributed by atoms with Crippen LogP contribution in [0.25, 0.3) is 0 Å². The van der Waals surface area contributed by atoms with E-state index in [9.17, 15) is 9.59 Å². The van der Waals surface area contributed by atoms with E-state index in [-0.39, 0.29) is 23.7 Å². The van der Waals surface area contributed by atoms with Crippen molar-refractivity contribution in [3.05, 3.63) is 54.0 Å². The van der Waals surface area contributed by atoms with Crippen molar-refractivity contribution in [2.24, 2.45) is 5.92 Å². The molecule has 2 aliphatic heterocycles. The second kappa shape index (κ2) is 8.09. The fourth-order valence-electron chi connectivity index (χ4n) is 4.41. The minimum atomic E-state index is -0.270. The molecule has 0 bridgehead atoms. The number of methoxy groups -OCH3 is 1. The number of carbonyl (C=O) groups excluding carboxylic acids is 2. The van der Waals surface area contributed by atoms with Gasteiger partial charge in [0.05, 0.1) is 19.3 Å². The maximum absolute atomic E-state index is 13.4. The Kier molecular flexibility index (Phi) is 5.37. The van der Waals surface area contributed by atoms with Gasteiger partial charge in [-0.1, -0.05) is 18.2 Å². The van der Waals surface area contributed by atoms with Gasteiger partial charge in [-0.15, -0.1) is 0 Å². The highest BCUT2D eigenvalue weighted by molar-refractivity contribution is 5.93. The Morgan fingerprint density at radius 3 is 2.50 bits per heavy atom. The van der Waals surface area contributed by atoms with E-state index in [1.165, 1.54) is 12.7 Å². The Hall–Kier alpha value is -2.76. The molecular weight excluding hydrogens is 356 g/mol. The molecule has 148 valence electrons. The van der Waals surface area contributed by atoms with Crippen molar-refractivity contribution in [1.82, 2.24) is 9.80 Å². The predicted molar refractivity (Wildman–Crippen MR) is 104 cm³/mol. The maximum atomic E-state index is 13.4. The van der Waals surface area contributed by atoms with E-state index in [0.717, 1.165) is 37.2 Å². The summed E-state index contributed by atoms with van der Waals surface area (Å²) in [5, 5.41) is 0. The first-order chi connectivity index (χ1) is 13.7. The number of nitrogens with zero attached hydrogens (tertiary/aromatic N) is 2. The maximum Gasteiger partial charge on any atom is 0.289 e. The Morgan fingerprint density at radius 1 is 1.00 bits per heavy atom. The van der Waals surface area contributed by atoms with Gasteiger partial charge in [0.2, 0.25) is 5.91 Å². The Bertz CT molecular complexity index is 827. The molecule has 0 aliphatic carbocycles. The third kappa shape index (κ3) is 3.51. The predicted octanol–water partition coefficient (Wildman–Crippen LogP) is 3.16. The van der Waals surface area contributed by atoms with Gasteiger partial charge in [-0.25, -0.2) is 0 Å². The summed E-state index contributed by atoms with van der Waals surface area (Å²) in [6.07, 6.45) is 4.77. The minimum Gasteiger partial charge on any atom is -0.496 e. The zero-order valence-electron chi connectivity index (χ0n) is 16.2. The molecule has 0 spiro atoms. The fourth-order valence-corrected chi connectivity index (χ4v) is 4.41. The van der Waals surface area contributed by atoms with Crippen molar-refractivity contribution in [3.63, 3.8) is 0 Å². The third-order valence-electron chi connectivity index (χ3n) is 5.86. The number of benzene rings is 1. The van der Waals surface area contributed by atoms with Crippen molar-refractivity contribution in [1.29, 1.82) is 0 Å². The quantitative estimate of drug-likeness (QED) is 0.815. The lowest BCUT2D eigenvalue weighted by atomic mass is 9.87. The minimum absolute atomic E-state index is 0.0931. The van der Waals surface area contributed by atoms with E-state index < -0.39 is 0 Å². The van der Waals surface area contributed by atoms with Crippen LogP contribution < -0.4 is 4.74 Å². The van der Waals surface area contributed by atoms with E-state index in [1.807, 2.05) is 29.2 Å². The van der Waals surface area contributed by atoms with Gasteiger partial charge < -0.3 is 19.0 Å². The molecule has 2 aromatic rings. The third-order valence-corrected chi connectivity index (χ3v) is 5.86. The van der Waals surface area contributed by atoms with Crippen LogP contribution in [0, 0.1) is 5.92 Å². The van der Waals surface area contributed by atoms with E-state index in [4.69, 9.17) is 9.15 Å². The average Bonchev–Trinajstić information content (AvgIpc) is 3.43. The fraction of sp³-hybridized carbons (Fsp3) is 0.455. The highest BCUT2D eigenvalue weighted by Crippen LogP contribution is 2.39. The molecule has 0 radical (unpaired) electrons. The normalized spacial score (nSPS) is 22.3.